The van der Waals surface area contributed by atoms with Gasteiger partial charge in [-0.2, -0.15) is 0 Å². The third-order valence-corrected chi connectivity index (χ3v) is 5.08. The Hall–Kier alpha value is -4.46. The average Bonchev–Trinajstić information content (AvgIpc) is 2.87. The molecule has 8 heteroatoms. The Bertz CT molecular complexity index is 1230. The SMILES string of the molecule is COc1ccc(/C=C\c2cc(OC)c(OC)c(OC)c2)c(NC(=O)/C=C/c2ccc(F)cc2)c1O. The summed E-state index contributed by atoms with van der Waals surface area (Å²) < 4.78 is 34.4. The van der Waals surface area contributed by atoms with Crippen molar-refractivity contribution >= 4 is 29.8 Å². The molecule has 0 heterocycles. The predicted octanol–water partition coefficient (Wildman–Crippen LogP) is 5.39. The number of hydrogen-bond donors (Lipinski definition) is 2. The highest BCUT2D eigenvalue weighted by Crippen LogP contribution is 2.40. The summed E-state index contributed by atoms with van der Waals surface area (Å²) in [7, 11) is 5.99. The lowest BCUT2D eigenvalue weighted by Gasteiger charge is -2.14. The number of anilines is 1. The average molecular weight is 480 g/mol. The first-order valence-corrected chi connectivity index (χ1v) is 10.5. The zero-order chi connectivity index (χ0) is 25.4. The van der Waals surface area contributed by atoms with E-state index in [2.05, 4.69) is 5.32 Å². The Morgan fingerprint density at radius 2 is 1.43 bits per heavy atom. The van der Waals surface area contributed by atoms with Crippen molar-refractivity contribution in [1.82, 2.24) is 0 Å². The monoisotopic (exact) mass is 479 g/mol. The molecule has 0 radical (unpaired) electrons. The van der Waals surface area contributed by atoms with Crippen LogP contribution in [0.2, 0.25) is 0 Å². The fourth-order valence-corrected chi connectivity index (χ4v) is 3.32. The molecule has 0 aliphatic heterocycles. The summed E-state index contributed by atoms with van der Waals surface area (Å²) in [5, 5.41) is 13.4. The summed E-state index contributed by atoms with van der Waals surface area (Å²) in [4.78, 5) is 12.6. The van der Waals surface area contributed by atoms with Crippen molar-refractivity contribution in [3.05, 3.63) is 77.1 Å². The minimum Gasteiger partial charge on any atom is -0.503 e. The van der Waals surface area contributed by atoms with Crippen LogP contribution in [0, 0.1) is 5.82 Å². The number of rotatable bonds is 9. The molecule has 182 valence electrons. The number of aromatic hydroxyl groups is 1. The first kappa shape index (κ1) is 25.2. The Morgan fingerprint density at radius 1 is 0.800 bits per heavy atom. The Labute approximate surface area is 203 Å². The van der Waals surface area contributed by atoms with Gasteiger partial charge in [-0.05, 0) is 53.6 Å². The van der Waals surface area contributed by atoms with Crippen molar-refractivity contribution in [3.8, 4) is 28.7 Å². The number of hydrogen-bond acceptors (Lipinski definition) is 6. The molecule has 0 saturated carbocycles. The van der Waals surface area contributed by atoms with Crippen molar-refractivity contribution in [1.29, 1.82) is 0 Å². The third kappa shape index (κ3) is 6.11. The molecule has 35 heavy (non-hydrogen) atoms. The van der Waals surface area contributed by atoms with E-state index < -0.39 is 5.91 Å². The van der Waals surface area contributed by atoms with Gasteiger partial charge >= 0.3 is 0 Å². The van der Waals surface area contributed by atoms with Crippen LogP contribution in [0.3, 0.4) is 0 Å². The highest BCUT2D eigenvalue weighted by molar-refractivity contribution is 6.04. The van der Waals surface area contributed by atoms with Gasteiger partial charge in [0, 0.05) is 11.6 Å². The van der Waals surface area contributed by atoms with E-state index in [0.717, 1.165) is 5.56 Å². The van der Waals surface area contributed by atoms with Gasteiger partial charge in [0.2, 0.25) is 11.7 Å². The predicted molar refractivity (Wildman–Crippen MR) is 134 cm³/mol. The number of carbonyl (C=O) groups is 1. The molecular formula is C27H26FNO6. The van der Waals surface area contributed by atoms with Crippen LogP contribution >= 0.6 is 0 Å². The molecule has 0 atom stereocenters. The second kappa shape index (κ2) is 11.6. The molecule has 0 aliphatic carbocycles. The van der Waals surface area contributed by atoms with Crippen LogP contribution in [0.15, 0.2) is 54.6 Å². The lowest BCUT2D eigenvalue weighted by atomic mass is 10.1. The molecule has 0 bridgehead atoms. The summed E-state index contributed by atoms with van der Waals surface area (Å²) in [6, 6.07) is 12.5. The van der Waals surface area contributed by atoms with E-state index in [4.69, 9.17) is 18.9 Å². The fourth-order valence-electron chi connectivity index (χ4n) is 3.32. The van der Waals surface area contributed by atoms with Gasteiger partial charge in [0.25, 0.3) is 0 Å². The molecule has 1 amide bonds. The molecule has 3 rings (SSSR count). The number of phenolic OH excluding ortho intramolecular Hbond substituents is 1. The summed E-state index contributed by atoms with van der Waals surface area (Å²) in [6.45, 7) is 0. The number of benzene rings is 3. The van der Waals surface area contributed by atoms with Crippen LogP contribution in [0.1, 0.15) is 16.7 Å². The van der Waals surface area contributed by atoms with Gasteiger partial charge < -0.3 is 29.4 Å². The van der Waals surface area contributed by atoms with E-state index >= 15 is 0 Å². The van der Waals surface area contributed by atoms with E-state index in [0.29, 0.717) is 28.4 Å². The smallest absolute Gasteiger partial charge is 0.248 e. The maximum absolute atomic E-state index is 13.1. The number of methoxy groups -OCH3 is 4. The molecule has 2 N–H and O–H groups in total. The van der Waals surface area contributed by atoms with E-state index in [-0.39, 0.29) is 23.0 Å². The highest BCUT2D eigenvalue weighted by Gasteiger charge is 2.15. The zero-order valence-corrected chi connectivity index (χ0v) is 19.8. The second-order valence-electron chi connectivity index (χ2n) is 7.25. The number of nitrogens with one attached hydrogen (secondary N) is 1. The van der Waals surface area contributed by atoms with Crippen LogP contribution in [0.5, 0.6) is 28.7 Å². The van der Waals surface area contributed by atoms with Gasteiger partial charge in [-0.1, -0.05) is 24.3 Å². The molecule has 0 fully saturated rings. The maximum atomic E-state index is 13.1. The normalized spacial score (nSPS) is 11.0. The highest BCUT2D eigenvalue weighted by atomic mass is 19.1. The number of halogens is 1. The molecule has 3 aromatic carbocycles. The molecule has 0 unspecified atom stereocenters. The number of amides is 1. The number of carbonyl (C=O) groups excluding carboxylic acids is 1. The van der Waals surface area contributed by atoms with Crippen molar-refractivity contribution < 1.29 is 33.2 Å². The van der Waals surface area contributed by atoms with Crippen LogP contribution < -0.4 is 24.3 Å². The topological polar surface area (TPSA) is 86.3 Å². The molecule has 0 saturated heterocycles. The maximum Gasteiger partial charge on any atom is 0.248 e. The van der Waals surface area contributed by atoms with Crippen LogP contribution in [0.4, 0.5) is 10.1 Å². The Balaban J connectivity index is 1.92. The van der Waals surface area contributed by atoms with Crippen molar-refractivity contribution in [2.45, 2.75) is 0 Å². The standard InChI is InChI=1S/C27H26FNO6/c1-32-21-13-10-19(9-5-18-15-22(33-2)27(35-4)23(16-18)34-3)25(26(21)31)29-24(30)14-8-17-6-11-20(28)12-7-17/h5-16,31H,1-4H3,(H,29,30)/b9-5-,14-8+. The number of phenols is 1. The number of ether oxygens (including phenoxy) is 4. The summed E-state index contributed by atoms with van der Waals surface area (Å²) in [6.07, 6.45) is 6.32. The summed E-state index contributed by atoms with van der Waals surface area (Å²) in [5.74, 6) is 0.578. The van der Waals surface area contributed by atoms with Gasteiger partial charge in [-0.3, -0.25) is 4.79 Å². The first-order chi connectivity index (χ1) is 16.9. The van der Waals surface area contributed by atoms with Crippen LogP contribution in [-0.4, -0.2) is 39.5 Å². The van der Waals surface area contributed by atoms with Gasteiger partial charge in [0.1, 0.15) is 5.82 Å². The van der Waals surface area contributed by atoms with Crippen molar-refractivity contribution in [2.75, 3.05) is 33.8 Å². The lowest BCUT2D eigenvalue weighted by Crippen LogP contribution is -2.09. The first-order valence-electron chi connectivity index (χ1n) is 10.5. The van der Waals surface area contributed by atoms with E-state index in [1.165, 1.54) is 52.7 Å². The van der Waals surface area contributed by atoms with Gasteiger partial charge in [-0.15, -0.1) is 0 Å². The third-order valence-electron chi connectivity index (χ3n) is 5.08. The minimum atomic E-state index is -0.486. The molecule has 0 aliphatic rings. The largest absolute Gasteiger partial charge is 0.503 e. The second-order valence-corrected chi connectivity index (χ2v) is 7.25. The van der Waals surface area contributed by atoms with Gasteiger partial charge in [-0.25, -0.2) is 4.39 Å². The molecule has 3 aromatic rings. The van der Waals surface area contributed by atoms with Crippen molar-refractivity contribution in [2.24, 2.45) is 0 Å². The fraction of sp³-hybridized carbons (Fsp3) is 0.148. The Kier molecular flexibility index (Phi) is 8.34. The van der Waals surface area contributed by atoms with Crippen LogP contribution in [0.25, 0.3) is 18.2 Å². The lowest BCUT2D eigenvalue weighted by molar-refractivity contribution is -0.111. The quantitative estimate of drug-likeness (QED) is 0.243. The molecule has 7 nitrogen and oxygen atoms in total. The van der Waals surface area contributed by atoms with Crippen LogP contribution in [-0.2, 0) is 4.79 Å². The van der Waals surface area contributed by atoms with Gasteiger partial charge in [0.05, 0.1) is 34.1 Å². The molecular weight excluding hydrogens is 453 g/mol. The summed E-state index contributed by atoms with van der Waals surface area (Å²) >= 11 is 0. The molecule has 0 aromatic heterocycles. The Morgan fingerprint density at radius 3 is 2.00 bits per heavy atom. The summed E-state index contributed by atoms with van der Waals surface area (Å²) in [5.41, 5.74) is 2.09. The van der Waals surface area contributed by atoms with E-state index in [9.17, 15) is 14.3 Å². The minimum absolute atomic E-state index is 0.168. The van der Waals surface area contributed by atoms with Gasteiger partial charge in [0.15, 0.2) is 23.0 Å². The zero-order valence-electron chi connectivity index (χ0n) is 19.8. The van der Waals surface area contributed by atoms with Crippen molar-refractivity contribution in [3.63, 3.8) is 0 Å². The molecule has 0 spiro atoms. The van der Waals surface area contributed by atoms with E-state index in [1.54, 1.807) is 48.6 Å². The van der Waals surface area contributed by atoms with E-state index in [1.807, 2.05) is 0 Å².